The normalized spacial score (nSPS) is 17.6. The van der Waals surface area contributed by atoms with Crippen LogP contribution in [0.5, 0.6) is 5.75 Å². The number of aliphatic hydroxyl groups is 1. The molecule has 1 atom stereocenters. The van der Waals surface area contributed by atoms with Crippen molar-refractivity contribution in [3.8, 4) is 5.75 Å². The number of rotatable bonds is 10. The molecule has 1 fully saturated rings. The number of amides is 1. The highest BCUT2D eigenvalue weighted by molar-refractivity contribution is 6.46. The van der Waals surface area contributed by atoms with Crippen LogP contribution in [0.4, 0.5) is 0 Å². The molecule has 1 aliphatic heterocycles. The molecule has 1 saturated heterocycles. The molecular formula is C28H36N2O4. The Bertz CT molecular complexity index is 1060. The molecule has 0 bridgehead atoms. The van der Waals surface area contributed by atoms with E-state index in [9.17, 15) is 14.7 Å². The van der Waals surface area contributed by atoms with Gasteiger partial charge in [-0.2, -0.15) is 0 Å². The minimum Gasteiger partial charge on any atom is -0.507 e. The van der Waals surface area contributed by atoms with E-state index in [1.165, 1.54) is 5.56 Å². The van der Waals surface area contributed by atoms with Crippen LogP contribution in [0.1, 0.15) is 55.0 Å². The fourth-order valence-electron chi connectivity index (χ4n) is 4.28. The van der Waals surface area contributed by atoms with Gasteiger partial charge in [-0.05, 0) is 81.7 Å². The second-order valence-electron chi connectivity index (χ2n) is 9.07. The van der Waals surface area contributed by atoms with E-state index in [1.54, 1.807) is 23.1 Å². The van der Waals surface area contributed by atoms with E-state index < -0.39 is 17.7 Å². The summed E-state index contributed by atoms with van der Waals surface area (Å²) in [6, 6.07) is 12.7. The predicted octanol–water partition coefficient (Wildman–Crippen LogP) is 4.72. The first-order valence-corrected chi connectivity index (χ1v) is 12.0. The maximum Gasteiger partial charge on any atom is 0.295 e. The van der Waals surface area contributed by atoms with Crippen LogP contribution in [0, 0.1) is 6.92 Å². The van der Waals surface area contributed by atoms with Gasteiger partial charge in [0, 0.05) is 12.1 Å². The molecule has 0 aliphatic carbocycles. The lowest BCUT2D eigenvalue weighted by Crippen LogP contribution is -2.32. The fourth-order valence-corrected chi connectivity index (χ4v) is 4.28. The van der Waals surface area contributed by atoms with E-state index in [-0.39, 0.29) is 11.3 Å². The summed E-state index contributed by atoms with van der Waals surface area (Å²) >= 11 is 0. The van der Waals surface area contributed by atoms with Gasteiger partial charge in [-0.25, -0.2) is 0 Å². The van der Waals surface area contributed by atoms with Crippen LogP contribution in [-0.2, 0) is 16.0 Å². The van der Waals surface area contributed by atoms with Gasteiger partial charge in [-0.3, -0.25) is 9.59 Å². The van der Waals surface area contributed by atoms with Crippen LogP contribution < -0.4 is 4.74 Å². The van der Waals surface area contributed by atoms with E-state index in [1.807, 2.05) is 57.1 Å². The highest BCUT2D eigenvalue weighted by atomic mass is 16.5. The second kappa shape index (κ2) is 11.3. The van der Waals surface area contributed by atoms with Crippen molar-refractivity contribution in [3.05, 3.63) is 70.3 Å². The van der Waals surface area contributed by atoms with Gasteiger partial charge in [0.2, 0.25) is 0 Å². The van der Waals surface area contributed by atoms with Crippen LogP contribution in [-0.4, -0.2) is 60.4 Å². The molecule has 1 amide bonds. The van der Waals surface area contributed by atoms with Crippen molar-refractivity contribution in [2.24, 2.45) is 0 Å². The minimum absolute atomic E-state index is 0.140. The van der Waals surface area contributed by atoms with E-state index in [0.717, 1.165) is 42.7 Å². The molecule has 1 unspecified atom stereocenters. The zero-order chi connectivity index (χ0) is 24.8. The lowest BCUT2D eigenvalue weighted by Gasteiger charge is -2.26. The maximum atomic E-state index is 13.2. The third-order valence-electron chi connectivity index (χ3n) is 6.16. The monoisotopic (exact) mass is 464 g/mol. The molecule has 6 nitrogen and oxygen atoms in total. The Hall–Kier alpha value is -3.12. The quantitative estimate of drug-likeness (QED) is 0.313. The van der Waals surface area contributed by atoms with Crippen LogP contribution >= 0.6 is 0 Å². The molecule has 3 rings (SSSR count). The van der Waals surface area contributed by atoms with E-state index in [2.05, 4.69) is 6.92 Å². The number of benzene rings is 2. The molecule has 6 heteroatoms. The number of ketones is 1. The summed E-state index contributed by atoms with van der Waals surface area (Å²) < 4.78 is 5.75. The first-order valence-electron chi connectivity index (χ1n) is 12.0. The van der Waals surface area contributed by atoms with Gasteiger partial charge in [0.05, 0.1) is 18.2 Å². The summed E-state index contributed by atoms with van der Waals surface area (Å²) in [5.74, 6) is -0.613. The van der Waals surface area contributed by atoms with Gasteiger partial charge in [0.15, 0.2) is 0 Å². The molecule has 2 aromatic carbocycles. The van der Waals surface area contributed by atoms with Crippen molar-refractivity contribution in [2.75, 3.05) is 33.8 Å². The summed E-state index contributed by atoms with van der Waals surface area (Å²) in [6.07, 6.45) is 2.52. The minimum atomic E-state index is -0.643. The molecule has 1 aliphatic rings. The van der Waals surface area contributed by atoms with Crippen molar-refractivity contribution in [3.63, 3.8) is 0 Å². The molecular weight excluding hydrogens is 428 g/mol. The molecule has 2 aromatic rings. The lowest BCUT2D eigenvalue weighted by molar-refractivity contribution is -0.139. The Morgan fingerprint density at radius 2 is 1.79 bits per heavy atom. The van der Waals surface area contributed by atoms with Crippen molar-refractivity contribution < 1.29 is 19.4 Å². The van der Waals surface area contributed by atoms with E-state index in [4.69, 9.17) is 4.74 Å². The van der Waals surface area contributed by atoms with Crippen molar-refractivity contribution in [1.82, 2.24) is 9.80 Å². The van der Waals surface area contributed by atoms with E-state index in [0.29, 0.717) is 18.7 Å². The van der Waals surface area contributed by atoms with Crippen LogP contribution in [0.2, 0.25) is 0 Å². The van der Waals surface area contributed by atoms with Crippen molar-refractivity contribution in [2.45, 2.75) is 46.1 Å². The summed E-state index contributed by atoms with van der Waals surface area (Å²) in [5.41, 5.74) is 3.50. The predicted molar refractivity (Wildman–Crippen MR) is 135 cm³/mol. The number of carbonyl (C=O) groups is 2. The Labute approximate surface area is 202 Å². The number of likely N-dealkylation sites (tertiary alicyclic amines) is 1. The standard InChI is InChI=1S/C28H36N2O4/c1-6-17-34-23-14-13-22(18-19(23)3)26(31)24-25(21-11-9-20(7-2)10-12-21)30(28(33)27(24)32)16-8-15-29(4)5/h9-14,18,25,31H,6-8,15-17H2,1-5H3/b26-24-. The number of Topliss-reactive ketones (excluding diaryl/α,β-unsaturated/α-hetero) is 1. The number of aliphatic hydroxyl groups excluding tert-OH is 1. The molecule has 1 N–H and O–H groups in total. The van der Waals surface area contributed by atoms with Gasteiger partial charge in [-0.1, -0.05) is 38.1 Å². The molecule has 0 spiro atoms. The van der Waals surface area contributed by atoms with Crippen molar-refractivity contribution in [1.29, 1.82) is 0 Å². The van der Waals surface area contributed by atoms with Gasteiger partial charge < -0.3 is 19.6 Å². The molecule has 0 saturated carbocycles. The third kappa shape index (κ3) is 5.50. The van der Waals surface area contributed by atoms with Gasteiger partial charge in [0.1, 0.15) is 11.5 Å². The number of ether oxygens (including phenoxy) is 1. The first-order chi connectivity index (χ1) is 16.3. The second-order valence-corrected chi connectivity index (χ2v) is 9.07. The summed E-state index contributed by atoms with van der Waals surface area (Å²) in [5, 5.41) is 11.3. The van der Waals surface area contributed by atoms with Gasteiger partial charge in [0.25, 0.3) is 11.7 Å². The smallest absolute Gasteiger partial charge is 0.295 e. The van der Waals surface area contributed by atoms with Crippen LogP contribution in [0.15, 0.2) is 48.0 Å². The zero-order valence-corrected chi connectivity index (χ0v) is 20.9. The average molecular weight is 465 g/mol. The number of carbonyl (C=O) groups excluding carboxylic acids is 2. The van der Waals surface area contributed by atoms with Crippen LogP contribution in [0.3, 0.4) is 0 Å². The average Bonchev–Trinajstić information content (AvgIpc) is 3.07. The molecule has 0 aromatic heterocycles. The largest absolute Gasteiger partial charge is 0.507 e. The van der Waals surface area contributed by atoms with Crippen molar-refractivity contribution >= 4 is 17.4 Å². The third-order valence-corrected chi connectivity index (χ3v) is 6.16. The topological polar surface area (TPSA) is 70.1 Å². The van der Waals surface area contributed by atoms with Crippen LogP contribution in [0.25, 0.3) is 5.76 Å². The Morgan fingerprint density at radius 1 is 1.09 bits per heavy atom. The number of hydrogen-bond acceptors (Lipinski definition) is 5. The first kappa shape index (κ1) is 25.5. The highest BCUT2D eigenvalue weighted by Crippen LogP contribution is 2.40. The summed E-state index contributed by atoms with van der Waals surface area (Å²) in [6.45, 7) is 7.87. The SMILES string of the molecule is CCCOc1ccc(/C(O)=C2/C(=O)C(=O)N(CCCN(C)C)C2c2ccc(CC)cc2)cc1C. The highest BCUT2D eigenvalue weighted by Gasteiger charge is 2.45. The number of nitrogens with zero attached hydrogens (tertiary/aromatic N) is 2. The van der Waals surface area contributed by atoms with Gasteiger partial charge >= 0.3 is 0 Å². The Morgan fingerprint density at radius 3 is 2.38 bits per heavy atom. The molecule has 182 valence electrons. The molecule has 1 heterocycles. The summed E-state index contributed by atoms with van der Waals surface area (Å²) in [7, 11) is 3.95. The Kier molecular flexibility index (Phi) is 8.51. The lowest BCUT2D eigenvalue weighted by atomic mass is 9.94. The number of hydrogen-bond donors (Lipinski definition) is 1. The zero-order valence-electron chi connectivity index (χ0n) is 20.9. The summed E-state index contributed by atoms with van der Waals surface area (Å²) in [4.78, 5) is 29.9. The fraction of sp³-hybridized carbons (Fsp3) is 0.429. The number of aryl methyl sites for hydroxylation is 2. The molecule has 34 heavy (non-hydrogen) atoms. The van der Waals surface area contributed by atoms with E-state index >= 15 is 0 Å². The Balaban J connectivity index is 2.05. The van der Waals surface area contributed by atoms with Gasteiger partial charge in [-0.15, -0.1) is 0 Å². The molecule has 0 radical (unpaired) electrons. The maximum absolute atomic E-state index is 13.2.